The molecule has 3 aromatic rings. The first-order valence-electron chi connectivity index (χ1n) is 18.0. The third kappa shape index (κ3) is 7.26. The zero-order chi connectivity index (χ0) is 33.2. The number of methoxy groups -OCH3 is 2. The Labute approximate surface area is 284 Å². The number of benzene rings is 2. The van der Waals surface area contributed by atoms with E-state index in [9.17, 15) is 9.59 Å². The highest BCUT2D eigenvalue weighted by molar-refractivity contribution is 5.95. The first-order chi connectivity index (χ1) is 23.4. The van der Waals surface area contributed by atoms with Crippen LogP contribution < -0.4 is 9.64 Å². The molecule has 9 nitrogen and oxygen atoms in total. The van der Waals surface area contributed by atoms with Gasteiger partial charge in [-0.1, -0.05) is 24.3 Å². The summed E-state index contributed by atoms with van der Waals surface area (Å²) in [4.78, 5) is 30.8. The number of aryl methyl sites for hydroxylation is 1. The highest BCUT2D eigenvalue weighted by atomic mass is 16.6. The van der Waals surface area contributed by atoms with E-state index in [0.717, 1.165) is 67.6 Å². The van der Waals surface area contributed by atoms with Crippen LogP contribution in [-0.2, 0) is 14.3 Å². The molecule has 256 valence electrons. The average molecular weight is 655 g/mol. The molecule has 0 bridgehead atoms. The van der Waals surface area contributed by atoms with Crippen molar-refractivity contribution in [1.82, 2.24) is 14.7 Å². The molecule has 4 aliphatic rings. The molecule has 9 heteroatoms. The second kappa shape index (κ2) is 14.3. The predicted molar refractivity (Wildman–Crippen MR) is 185 cm³/mol. The molecule has 0 N–H and O–H groups in total. The van der Waals surface area contributed by atoms with Gasteiger partial charge in [0, 0.05) is 37.0 Å². The number of nitrogens with zero attached hydrogens (tertiary/aromatic N) is 4. The minimum Gasteiger partial charge on any atom is -0.496 e. The van der Waals surface area contributed by atoms with Gasteiger partial charge in [-0.25, -0.2) is 4.79 Å². The summed E-state index contributed by atoms with van der Waals surface area (Å²) in [5, 5.41) is 4.62. The van der Waals surface area contributed by atoms with Crippen LogP contribution in [0.3, 0.4) is 0 Å². The smallest absolute Gasteiger partial charge is 0.410 e. The van der Waals surface area contributed by atoms with Gasteiger partial charge in [-0.15, -0.1) is 0 Å². The average Bonchev–Trinajstić information content (AvgIpc) is 3.82. The number of likely N-dealkylation sites (tertiary alicyclic amines) is 1. The van der Waals surface area contributed by atoms with Gasteiger partial charge in [-0.3, -0.25) is 9.48 Å². The van der Waals surface area contributed by atoms with Gasteiger partial charge in [0.2, 0.25) is 5.91 Å². The van der Waals surface area contributed by atoms with Crippen molar-refractivity contribution in [1.29, 1.82) is 0 Å². The lowest BCUT2D eigenvalue weighted by Gasteiger charge is -2.39. The second-order valence-electron chi connectivity index (χ2n) is 14.5. The van der Waals surface area contributed by atoms with Gasteiger partial charge in [0.05, 0.1) is 38.5 Å². The number of hydrogen-bond acceptors (Lipinski definition) is 6. The Morgan fingerprint density at radius 2 is 1.65 bits per heavy atom. The number of anilines is 1. The van der Waals surface area contributed by atoms with Gasteiger partial charge in [0.25, 0.3) is 0 Å². The van der Waals surface area contributed by atoms with E-state index in [0.29, 0.717) is 43.8 Å². The number of aromatic nitrogens is 2. The molecular formula is C39H50N4O5. The minimum absolute atomic E-state index is 0.0817. The molecule has 2 heterocycles. The Morgan fingerprint density at radius 3 is 2.33 bits per heavy atom. The van der Waals surface area contributed by atoms with Crippen molar-refractivity contribution in [2.24, 2.45) is 11.8 Å². The normalized spacial score (nSPS) is 24.5. The first kappa shape index (κ1) is 32.7. The quantitative estimate of drug-likeness (QED) is 0.225. The fourth-order valence-electron chi connectivity index (χ4n) is 7.90. The van der Waals surface area contributed by atoms with Gasteiger partial charge in [0.15, 0.2) is 0 Å². The van der Waals surface area contributed by atoms with Gasteiger partial charge in [-0.2, -0.15) is 5.10 Å². The highest BCUT2D eigenvalue weighted by Gasteiger charge is 2.36. The van der Waals surface area contributed by atoms with Crippen LogP contribution in [0.2, 0.25) is 0 Å². The minimum atomic E-state index is -0.262. The molecule has 0 unspecified atom stereocenters. The summed E-state index contributed by atoms with van der Waals surface area (Å²) in [6.07, 6.45) is 13.5. The maximum absolute atomic E-state index is 14.4. The lowest BCUT2D eigenvalue weighted by molar-refractivity contribution is -0.124. The molecule has 7 rings (SSSR count). The third-order valence-corrected chi connectivity index (χ3v) is 11.2. The van der Waals surface area contributed by atoms with E-state index in [4.69, 9.17) is 14.2 Å². The number of hydrogen-bond donors (Lipinski definition) is 0. The van der Waals surface area contributed by atoms with Crippen molar-refractivity contribution in [2.75, 3.05) is 38.8 Å². The summed E-state index contributed by atoms with van der Waals surface area (Å²) in [6.45, 7) is 4.01. The lowest BCUT2D eigenvalue weighted by Crippen LogP contribution is -2.55. The van der Waals surface area contributed by atoms with Gasteiger partial charge < -0.3 is 24.0 Å². The van der Waals surface area contributed by atoms with Crippen LogP contribution in [-0.4, -0.2) is 72.7 Å². The summed E-state index contributed by atoms with van der Waals surface area (Å²) in [6, 6.07) is 15.6. The zero-order valence-electron chi connectivity index (χ0n) is 28.7. The monoisotopic (exact) mass is 654 g/mol. The Kier molecular flexibility index (Phi) is 9.76. The van der Waals surface area contributed by atoms with Crippen molar-refractivity contribution in [3.63, 3.8) is 0 Å². The van der Waals surface area contributed by atoms with Crippen molar-refractivity contribution in [3.8, 4) is 16.9 Å². The number of ether oxygens (including phenoxy) is 3. The van der Waals surface area contributed by atoms with Crippen molar-refractivity contribution in [3.05, 3.63) is 66.0 Å². The molecule has 1 aromatic heterocycles. The molecule has 0 atom stereocenters. The van der Waals surface area contributed by atoms with Gasteiger partial charge >= 0.3 is 6.09 Å². The number of amides is 2. The Balaban J connectivity index is 1.03. The zero-order valence-corrected chi connectivity index (χ0v) is 28.7. The molecule has 4 fully saturated rings. The molecular weight excluding hydrogens is 604 g/mol. The van der Waals surface area contributed by atoms with Crippen LogP contribution in [0.4, 0.5) is 10.5 Å². The van der Waals surface area contributed by atoms with E-state index in [1.807, 2.05) is 6.20 Å². The summed E-state index contributed by atoms with van der Waals surface area (Å²) < 4.78 is 18.7. The standard InChI is InChI=1S/C39H50N4O5/c1-26-19-31(13-18-37(26)47-3)28-9-7-27(8-10-28)22-42(34-6-4-5-30(20-34)32-21-40-43(23-32)33-14-15-33)38(44)29-11-16-35(17-12-29)48-39(45)41-24-36(25-41)46-2/h4-6,13,18-21,23,27-29,33,35-36H,7-12,14-17,22,24-25H2,1-3H3. The van der Waals surface area contributed by atoms with Crippen LogP contribution in [0.15, 0.2) is 54.9 Å². The second-order valence-corrected chi connectivity index (χ2v) is 14.5. The van der Waals surface area contributed by atoms with E-state index in [1.165, 1.54) is 24.0 Å². The largest absolute Gasteiger partial charge is 0.496 e. The van der Waals surface area contributed by atoms with Crippen molar-refractivity contribution >= 4 is 17.7 Å². The van der Waals surface area contributed by atoms with E-state index in [2.05, 4.69) is 70.3 Å². The summed E-state index contributed by atoms with van der Waals surface area (Å²) in [5.74, 6) is 2.03. The van der Waals surface area contributed by atoms with Crippen LogP contribution in [0.1, 0.15) is 87.3 Å². The molecule has 1 aliphatic heterocycles. The molecule has 0 spiro atoms. The van der Waals surface area contributed by atoms with Crippen LogP contribution in [0.25, 0.3) is 11.1 Å². The third-order valence-electron chi connectivity index (χ3n) is 11.2. The summed E-state index contributed by atoms with van der Waals surface area (Å²) in [7, 11) is 3.39. The number of carbonyl (C=O) groups excluding carboxylic acids is 2. The lowest BCUT2D eigenvalue weighted by atomic mass is 9.78. The molecule has 2 aromatic carbocycles. The van der Waals surface area contributed by atoms with E-state index >= 15 is 0 Å². The Hall–Kier alpha value is -3.85. The maximum atomic E-state index is 14.4. The van der Waals surface area contributed by atoms with Crippen LogP contribution in [0, 0.1) is 18.8 Å². The number of rotatable bonds is 10. The van der Waals surface area contributed by atoms with E-state index in [-0.39, 0.29) is 30.1 Å². The molecule has 3 aliphatic carbocycles. The molecule has 3 saturated carbocycles. The van der Waals surface area contributed by atoms with Crippen LogP contribution in [0.5, 0.6) is 5.75 Å². The van der Waals surface area contributed by atoms with E-state index < -0.39 is 0 Å². The fourth-order valence-corrected chi connectivity index (χ4v) is 7.90. The topological polar surface area (TPSA) is 86.1 Å². The maximum Gasteiger partial charge on any atom is 0.410 e. The Bertz CT molecular complexity index is 1580. The fraction of sp³-hybridized carbons (Fsp3) is 0.564. The highest BCUT2D eigenvalue weighted by Crippen LogP contribution is 2.40. The summed E-state index contributed by atoms with van der Waals surface area (Å²) >= 11 is 0. The molecule has 1 saturated heterocycles. The SMILES string of the molecule is COc1ccc(C2CCC(CN(C(=O)C3CCC(OC(=O)N4CC(OC)C4)CC3)c3cccc(-c4cnn(C5CC5)c4)c3)CC2)cc1C. The molecule has 0 radical (unpaired) electrons. The van der Waals surface area contributed by atoms with Gasteiger partial charge in [-0.05, 0) is 118 Å². The number of carbonyl (C=O) groups is 2. The Morgan fingerprint density at radius 1 is 0.875 bits per heavy atom. The first-order valence-corrected chi connectivity index (χ1v) is 18.0. The molecule has 48 heavy (non-hydrogen) atoms. The van der Waals surface area contributed by atoms with Crippen molar-refractivity contribution in [2.45, 2.75) is 95.3 Å². The van der Waals surface area contributed by atoms with Crippen LogP contribution >= 0.6 is 0 Å². The van der Waals surface area contributed by atoms with Crippen molar-refractivity contribution < 1.29 is 23.8 Å². The summed E-state index contributed by atoms with van der Waals surface area (Å²) in [5.41, 5.74) is 5.72. The van der Waals surface area contributed by atoms with E-state index in [1.54, 1.807) is 19.1 Å². The predicted octanol–water partition coefficient (Wildman–Crippen LogP) is 7.54. The van der Waals surface area contributed by atoms with Gasteiger partial charge in [0.1, 0.15) is 11.9 Å². The molecule has 2 amide bonds.